The molecule has 1 aliphatic rings. The molecule has 0 aromatic heterocycles. The van der Waals surface area contributed by atoms with Crippen molar-refractivity contribution < 1.29 is 14.7 Å². The monoisotopic (exact) mass is 346 g/mol. The molecule has 1 aliphatic heterocycles. The molecule has 1 aromatic rings. The van der Waals surface area contributed by atoms with Crippen LogP contribution in [0.1, 0.15) is 51.2 Å². The van der Waals surface area contributed by atoms with E-state index in [4.69, 9.17) is 0 Å². The van der Waals surface area contributed by atoms with Crippen molar-refractivity contribution in [2.45, 2.75) is 45.6 Å². The molecule has 1 fully saturated rings. The van der Waals surface area contributed by atoms with E-state index < -0.39 is 6.10 Å². The van der Waals surface area contributed by atoms with Gasteiger partial charge in [0.2, 0.25) is 11.8 Å². The van der Waals surface area contributed by atoms with E-state index in [-0.39, 0.29) is 23.7 Å². The van der Waals surface area contributed by atoms with Crippen molar-refractivity contribution in [3.8, 4) is 0 Å². The van der Waals surface area contributed by atoms with Crippen LogP contribution in [-0.2, 0) is 9.59 Å². The molecule has 0 spiro atoms. The molecule has 3 unspecified atom stereocenters. The fourth-order valence-corrected chi connectivity index (χ4v) is 3.20. The van der Waals surface area contributed by atoms with Crippen molar-refractivity contribution in [3.05, 3.63) is 35.9 Å². The second-order valence-electron chi connectivity index (χ2n) is 6.94. The van der Waals surface area contributed by atoms with Gasteiger partial charge >= 0.3 is 0 Å². The first-order chi connectivity index (χ1) is 12.0. The average molecular weight is 346 g/mol. The summed E-state index contributed by atoms with van der Waals surface area (Å²) in [4.78, 5) is 26.5. The van der Waals surface area contributed by atoms with Crippen molar-refractivity contribution in [1.82, 2.24) is 10.2 Å². The summed E-state index contributed by atoms with van der Waals surface area (Å²) in [6, 6.07) is 9.45. The zero-order valence-corrected chi connectivity index (χ0v) is 15.3. The van der Waals surface area contributed by atoms with Gasteiger partial charge < -0.3 is 15.3 Å². The van der Waals surface area contributed by atoms with Crippen LogP contribution >= 0.6 is 0 Å². The Kier molecular flexibility index (Phi) is 7.44. The van der Waals surface area contributed by atoms with Gasteiger partial charge in [0.25, 0.3) is 0 Å². The summed E-state index contributed by atoms with van der Waals surface area (Å²) in [5.74, 6) is 0.0138. The van der Waals surface area contributed by atoms with E-state index in [9.17, 15) is 14.7 Å². The van der Waals surface area contributed by atoms with E-state index in [0.29, 0.717) is 19.5 Å². The van der Waals surface area contributed by atoms with E-state index in [2.05, 4.69) is 5.32 Å². The minimum absolute atomic E-state index is 0.0121. The number of piperidine rings is 1. The first kappa shape index (κ1) is 19.4. The molecule has 0 aliphatic carbocycles. The molecule has 0 bridgehead atoms. The molecule has 138 valence electrons. The minimum Gasteiger partial charge on any atom is -0.388 e. The zero-order chi connectivity index (χ0) is 18.2. The van der Waals surface area contributed by atoms with E-state index in [0.717, 1.165) is 31.4 Å². The Morgan fingerprint density at radius 2 is 2.04 bits per heavy atom. The maximum absolute atomic E-state index is 12.4. The summed E-state index contributed by atoms with van der Waals surface area (Å²) < 4.78 is 0. The second kappa shape index (κ2) is 9.56. The quantitative estimate of drug-likeness (QED) is 0.797. The highest BCUT2D eigenvalue weighted by atomic mass is 16.3. The molecule has 3 atom stereocenters. The van der Waals surface area contributed by atoms with Crippen LogP contribution < -0.4 is 5.32 Å². The molecule has 1 saturated heterocycles. The lowest BCUT2D eigenvalue weighted by atomic mass is 9.95. The topological polar surface area (TPSA) is 69.6 Å². The Bertz CT molecular complexity index is 561. The summed E-state index contributed by atoms with van der Waals surface area (Å²) in [6.45, 7) is 5.65. The molecular weight excluding hydrogens is 316 g/mol. The number of aliphatic hydroxyl groups excluding tert-OH is 1. The molecule has 1 heterocycles. The number of carbonyl (C=O) groups excluding carboxylic acids is 2. The Hall–Kier alpha value is -1.88. The van der Waals surface area contributed by atoms with E-state index >= 15 is 0 Å². The second-order valence-corrected chi connectivity index (χ2v) is 6.94. The number of rotatable bonds is 7. The molecule has 2 amide bonds. The normalized spacial score (nSPS) is 20.0. The first-order valence-electron chi connectivity index (χ1n) is 9.32. The van der Waals surface area contributed by atoms with Gasteiger partial charge in [-0.1, -0.05) is 44.2 Å². The van der Waals surface area contributed by atoms with Gasteiger partial charge in [0.15, 0.2) is 0 Å². The van der Waals surface area contributed by atoms with Crippen molar-refractivity contribution in [3.63, 3.8) is 0 Å². The van der Waals surface area contributed by atoms with Crippen molar-refractivity contribution in [2.75, 3.05) is 19.6 Å². The first-order valence-corrected chi connectivity index (χ1v) is 9.32. The lowest BCUT2D eigenvalue weighted by Gasteiger charge is -2.33. The summed E-state index contributed by atoms with van der Waals surface area (Å²) in [7, 11) is 0. The van der Waals surface area contributed by atoms with Gasteiger partial charge in [-0.15, -0.1) is 0 Å². The lowest BCUT2D eigenvalue weighted by Crippen LogP contribution is -2.47. The Balaban J connectivity index is 1.77. The predicted molar refractivity (Wildman–Crippen MR) is 97.8 cm³/mol. The van der Waals surface area contributed by atoms with Gasteiger partial charge in [-0.05, 0) is 31.2 Å². The summed E-state index contributed by atoms with van der Waals surface area (Å²) in [6.07, 6.45) is 2.42. The number of hydrogen-bond donors (Lipinski definition) is 2. The van der Waals surface area contributed by atoms with E-state index in [1.165, 1.54) is 0 Å². The van der Waals surface area contributed by atoms with E-state index in [1.807, 2.05) is 49.1 Å². The van der Waals surface area contributed by atoms with Gasteiger partial charge in [0, 0.05) is 25.6 Å². The molecular formula is C20H30N2O3. The summed E-state index contributed by atoms with van der Waals surface area (Å²) in [5, 5.41) is 13.1. The highest BCUT2D eigenvalue weighted by Crippen LogP contribution is 2.20. The Morgan fingerprint density at radius 3 is 2.72 bits per heavy atom. The molecule has 2 rings (SSSR count). The molecule has 0 saturated carbocycles. The van der Waals surface area contributed by atoms with Crippen LogP contribution in [0.5, 0.6) is 0 Å². The number of nitrogens with zero attached hydrogens (tertiary/aromatic N) is 1. The van der Waals surface area contributed by atoms with Crippen LogP contribution in [-0.4, -0.2) is 41.5 Å². The SMILES string of the molecule is CCC(C)C(=O)N1CCCC(C(=O)NCCC(O)c2ccccc2)C1. The zero-order valence-electron chi connectivity index (χ0n) is 15.3. The van der Waals surface area contributed by atoms with Gasteiger partial charge in [-0.2, -0.15) is 0 Å². The van der Waals surface area contributed by atoms with Crippen LogP contribution in [0.2, 0.25) is 0 Å². The number of hydrogen-bond acceptors (Lipinski definition) is 3. The number of amides is 2. The van der Waals surface area contributed by atoms with Gasteiger partial charge in [0.1, 0.15) is 0 Å². The molecule has 1 aromatic carbocycles. The van der Waals surface area contributed by atoms with Crippen LogP contribution in [0.4, 0.5) is 0 Å². The number of likely N-dealkylation sites (tertiary alicyclic amines) is 1. The van der Waals surface area contributed by atoms with Gasteiger partial charge in [-0.25, -0.2) is 0 Å². The van der Waals surface area contributed by atoms with Crippen molar-refractivity contribution in [2.24, 2.45) is 11.8 Å². The minimum atomic E-state index is -0.573. The smallest absolute Gasteiger partial charge is 0.225 e. The van der Waals surface area contributed by atoms with Crippen molar-refractivity contribution >= 4 is 11.8 Å². The maximum atomic E-state index is 12.4. The third-order valence-corrected chi connectivity index (χ3v) is 5.04. The molecule has 2 N–H and O–H groups in total. The van der Waals surface area contributed by atoms with Crippen LogP contribution in [0.25, 0.3) is 0 Å². The molecule has 5 heteroatoms. The standard InChI is InChI=1S/C20H30N2O3/c1-3-15(2)20(25)22-13-7-10-17(14-22)19(24)21-12-11-18(23)16-8-5-4-6-9-16/h4-6,8-9,15,17-18,23H,3,7,10-14H2,1-2H3,(H,21,24). The third-order valence-electron chi connectivity index (χ3n) is 5.04. The molecule has 0 radical (unpaired) electrons. The highest BCUT2D eigenvalue weighted by molar-refractivity contribution is 5.82. The number of carbonyl (C=O) groups is 2. The highest BCUT2D eigenvalue weighted by Gasteiger charge is 2.29. The van der Waals surface area contributed by atoms with Gasteiger partial charge in [-0.3, -0.25) is 9.59 Å². The third kappa shape index (κ3) is 5.56. The van der Waals surface area contributed by atoms with E-state index in [1.54, 1.807) is 0 Å². The molecule has 25 heavy (non-hydrogen) atoms. The Labute approximate surface area is 150 Å². The van der Waals surface area contributed by atoms with Crippen molar-refractivity contribution in [1.29, 1.82) is 0 Å². The maximum Gasteiger partial charge on any atom is 0.225 e. The number of benzene rings is 1. The lowest BCUT2D eigenvalue weighted by molar-refractivity contribution is -0.138. The number of aliphatic hydroxyl groups is 1. The predicted octanol–water partition coefficient (Wildman–Crippen LogP) is 2.51. The average Bonchev–Trinajstić information content (AvgIpc) is 2.67. The summed E-state index contributed by atoms with van der Waals surface area (Å²) in [5.41, 5.74) is 0.861. The largest absolute Gasteiger partial charge is 0.388 e. The fourth-order valence-electron chi connectivity index (χ4n) is 3.20. The summed E-state index contributed by atoms with van der Waals surface area (Å²) >= 11 is 0. The number of nitrogens with one attached hydrogen (secondary N) is 1. The molecule has 5 nitrogen and oxygen atoms in total. The Morgan fingerprint density at radius 1 is 1.32 bits per heavy atom. The van der Waals surface area contributed by atoms with Crippen LogP contribution in [0, 0.1) is 11.8 Å². The fraction of sp³-hybridized carbons (Fsp3) is 0.600. The van der Waals surface area contributed by atoms with Crippen LogP contribution in [0.15, 0.2) is 30.3 Å². The van der Waals surface area contributed by atoms with Crippen LogP contribution in [0.3, 0.4) is 0 Å². The van der Waals surface area contributed by atoms with Gasteiger partial charge in [0.05, 0.1) is 12.0 Å².